The van der Waals surface area contributed by atoms with Gasteiger partial charge in [-0.1, -0.05) is 19.4 Å². The molecule has 0 spiro atoms. The molecule has 8 nitrogen and oxygen atoms in total. The van der Waals surface area contributed by atoms with Crippen LogP contribution in [0.3, 0.4) is 0 Å². The predicted octanol–water partition coefficient (Wildman–Crippen LogP) is 4.18. The number of non-ortho nitro benzene ring substituents is 1. The van der Waals surface area contributed by atoms with Crippen molar-refractivity contribution in [2.24, 2.45) is 10.5 Å². The molecule has 1 N–H and O–H groups in total. The third-order valence-corrected chi connectivity index (χ3v) is 4.69. The summed E-state index contributed by atoms with van der Waals surface area (Å²) in [7, 11) is 0. The van der Waals surface area contributed by atoms with Crippen LogP contribution in [0.1, 0.15) is 39.5 Å². The van der Waals surface area contributed by atoms with Crippen molar-refractivity contribution in [3.05, 3.63) is 49.6 Å². The van der Waals surface area contributed by atoms with Crippen molar-refractivity contribution in [2.75, 3.05) is 5.43 Å². The van der Waals surface area contributed by atoms with Gasteiger partial charge in [-0.25, -0.2) is 0 Å². The normalized spacial score (nSPS) is 20.3. The molecule has 126 valence electrons. The van der Waals surface area contributed by atoms with Crippen LogP contribution in [0.15, 0.2) is 34.4 Å². The molecule has 0 unspecified atom stereocenters. The van der Waals surface area contributed by atoms with Gasteiger partial charge in [-0.3, -0.25) is 25.7 Å². The van der Waals surface area contributed by atoms with E-state index in [4.69, 9.17) is 0 Å². The van der Waals surface area contributed by atoms with E-state index in [1.807, 2.05) is 0 Å². The molecule has 0 heterocycles. The number of nitro groups is 2. The second-order valence-corrected chi connectivity index (χ2v) is 6.76. The van der Waals surface area contributed by atoms with Gasteiger partial charge in [0.25, 0.3) is 5.69 Å². The van der Waals surface area contributed by atoms with E-state index in [0.717, 1.165) is 37.5 Å². The van der Waals surface area contributed by atoms with E-state index in [1.165, 1.54) is 23.3 Å². The van der Waals surface area contributed by atoms with Crippen molar-refractivity contribution >= 4 is 22.8 Å². The van der Waals surface area contributed by atoms with Crippen molar-refractivity contribution < 1.29 is 9.85 Å². The van der Waals surface area contributed by atoms with Gasteiger partial charge in [-0.2, -0.15) is 5.10 Å². The van der Waals surface area contributed by atoms with Crippen LogP contribution >= 0.6 is 0 Å². The van der Waals surface area contributed by atoms with Crippen molar-refractivity contribution in [2.45, 2.75) is 39.5 Å². The molecule has 1 aromatic rings. The summed E-state index contributed by atoms with van der Waals surface area (Å²) in [5.41, 5.74) is 5.93. The van der Waals surface area contributed by atoms with Crippen LogP contribution in [-0.4, -0.2) is 15.6 Å². The number of hydrogen-bond donors (Lipinski definition) is 1. The minimum absolute atomic E-state index is 0.0771. The predicted molar refractivity (Wildman–Crippen MR) is 90.1 cm³/mol. The van der Waals surface area contributed by atoms with E-state index >= 15 is 0 Å². The summed E-state index contributed by atoms with van der Waals surface area (Å²) in [6.45, 7) is 4.37. The minimum atomic E-state index is -0.655. The average molecular weight is 330 g/mol. The standard InChI is InChI=1S/C16H18N4O4/c1-16(2)9-14(11-4-3-5-12(11)16)18-17-13-7-6-10(19(21)22)8-15(13)20(23)24/h6-8,17H,3-5,9H2,1-2H3/b18-14-. The van der Waals surface area contributed by atoms with Crippen molar-refractivity contribution in [1.82, 2.24) is 0 Å². The zero-order chi connectivity index (χ0) is 17.5. The monoisotopic (exact) mass is 330 g/mol. The maximum atomic E-state index is 11.2. The Kier molecular flexibility index (Phi) is 3.82. The first kappa shape index (κ1) is 16.1. The topological polar surface area (TPSA) is 111 Å². The summed E-state index contributed by atoms with van der Waals surface area (Å²) in [6.07, 6.45) is 3.98. The Labute approximate surface area is 138 Å². The summed E-state index contributed by atoms with van der Waals surface area (Å²) in [6, 6.07) is 3.50. The van der Waals surface area contributed by atoms with Crippen molar-refractivity contribution in [3.63, 3.8) is 0 Å². The quantitative estimate of drug-likeness (QED) is 0.657. The lowest BCUT2D eigenvalue weighted by atomic mass is 9.84. The van der Waals surface area contributed by atoms with Crippen molar-refractivity contribution in [3.8, 4) is 0 Å². The lowest BCUT2D eigenvalue weighted by Gasteiger charge is -2.20. The van der Waals surface area contributed by atoms with Gasteiger partial charge in [0.1, 0.15) is 5.69 Å². The van der Waals surface area contributed by atoms with Crippen molar-refractivity contribution in [1.29, 1.82) is 0 Å². The van der Waals surface area contributed by atoms with E-state index in [-0.39, 0.29) is 22.5 Å². The van der Waals surface area contributed by atoms with Gasteiger partial charge in [0.2, 0.25) is 0 Å². The molecule has 0 aromatic heterocycles. The summed E-state index contributed by atoms with van der Waals surface area (Å²) in [5.74, 6) is 0. The van der Waals surface area contributed by atoms with Crippen LogP contribution in [-0.2, 0) is 0 Å². The molecule has 24 heavy (non-hydrogen) atoms. The fraction of sp³-hybridized carbons (Fsp3) is 0.438. The smallest absolute Gasteiger partial charge is 0.271 e. The number of allylic oxidation sites excluding steroid dienone is 2. The second kappa shape index (κ2) is 5.70. The van der Waals surface area contributed by atoms with Crippen LogP contribution in [0.4, 0.5) is 17.1 Å². The first-order valence-corrected chi connectivity index (χ1v) is 7.78. The Morgan fingerprint density at radius 3 is 2.58 bits per heavy atom. The Balaban J connectivity index is 1.90. The maximum Gasteiger partial charge on any atom is 0.301 e. The van der Waals surface area contributed by atoms with Crippen LogP contribution in [0.5, 0.6) is 0 Å². The van der Waals surface area contributed by atoms with Gasteiger partial charge in [-0.15, -0.1) is 0 Å². The van der Waals surface area contributed by atoms with Gasteiger partial charge in [-0.05, 0) is 36.3 Å². The van der Waals surface area contributed by atoms with Gasteiger partial charge in [0, 0.05) is 12.5 Å². The zero-order valence-corrected chi connectivity index (χ0v) is 13.5. The highest BCUT2D eigenvalue weighted by Gasteiger charge is 2.38. The lowest BCUT2D eigenvalue weighted by Crippen LogP contribution is -2.12. The zero-order valence-electron chi connectivity index (χ0n) is 13.5. The molecular formula is C16H18N4O4. The van der Waals surface area contributed by atoms with E-state index < -0.39 is 9.85 Å². The summed E-state index contributed by atoms with van der Waals surface area (Å²) >= 11 is 0. The van der Waals surface area contributed by atoms with Crippen LogP contribution in [0, 0.1) is 25.6 Å². The summed E-state index contributed by atoms with van der Waals surface area (Å²) in [4.78, 5) is 20.6. The average Bonchev–Trinajstić information content (AvgIpc) is 3.08. The molecule has 0 saturated carbocycles. The molecule has 0 bridgehead atoms. The highest BCUT2D eigenvalue weighted by atomic mass is 16.6. The first-order chi connectivity index (χ1) is 11.3. The van der Waals surface area contributed by atoms with Gasteiger partial charge in [0.15, 0.2) is 0 Å². The number of rotatable bonds is 4. The number of benzene rings is 1. The third-order valence-electron chi connectivity index (χ3n) is 4.69. The fourth-order valence-corrected chi connectivity index (χ4v) is 3.55. The minimum Gasteiger partial charge on any atom is -0.271 e. The second-order valence-electron chi connectivity index (χ2n) is 6.76. The molecule has 0 amide bonds. The summed E-state index contributed by atoms with van der Waals surface area (Å²) in [5, 5.41) is 26.3. The SMILES string of the molecule is CC1(C)C/C(=N/Nc2ccc([N+](=O)[O-])cc2[N+](=O)[O-])C2=C1CCC2. The first-order valence-electron chi connectivity index (χ1n) is 7.78. The van der Waals surface area contributed by atoms with Gasteiger partial charge in [0.05, 0.1) is 21.6 Å². The number of hydrazone groups is 1. The number of hydrogen-bond acceptors (Lipinski definition) is 6. The molecule has 0 atom stereocenters. The molecule has 1 aromatic carbocycles. The highest BCUT2D eigenvalue weighted by molar-refractivity contribution is 6.05. The van der Waals surface area contributed by atoms with Crippen LogP contribution in [0.25, 0.3) is 0 Å². The van der Waals surface area contributed by atoms with Crippen LogP contribution < -0.4 is 5.43 Å². The van der Waals surface area contributed by atoms with Gasteiger partial charge >= 0.3 is 5.69 Å². The molecule has 2 aliphatic rings. The Morgan fingerprint density at radius 1 is 1.17 bits per heavy atom. The molecule has 0 aliphatic heterocycles. The number of nitrogens with one attached hydrogen (secondary N) is 1. The van der Waals surface area contributed by atoms with E-state index in [0.29, 0.717) is 0 Å². The largest absolute Gasteiger partial charge is 0.301 e. The Hall–Kier alpha value is -2.77. The highest BCUT2D eigenvalue weighted by Crippen LogP contribution is 2.48. The molecule has 0 fully saturated rings. The third kappa shape index (κ3) is 2.75. The Bertz CT molecular complexity index is 795. The summed E-state index contributed by atoms with van der Waals surface area (Å²) < 4.78 is 0. The van der Waals surface area contributed by atoms with E-state index in [2.05, 4.69) is 24.4 Å². The molecule has 0 radical (unpaired) electrons. The molecule has 2 aliphatic carbocycles. The molecule has 0 saturated heterocycles. The van der Waals surface area contributed by atoms with Gasteiger partial charge < -0.3 is 0 Å². The number of nitrogens with zero attached hydrogens (tertiary/aromatic N) is 3. The molecular weight excluding hydrogens is 312 g/mol. The number of anilines is 1. The Morgan fingerprint density at radius 2 is 1.92 bits per heavy atom. The van der Waals surface area contributed by atoms with E-state index in [9.17, 15) is 20.2 Å². The fourth-order valence-electron chi connectivity index (χ4n) is 3.55. The molecule has 8 heteroatoms. The molecule has 3 rings (SSSR count). The lowest BCUT2D eigenvalue weighted by molar-refractivity contribution is -0.393. The number of nitro benzene ring substituents is 2. The maximum absolute atomic E-state index is 11.2. The van der Waals surface area contributed by atoms with Crippen LogP contribution in [0.2, 0.25) is 0 Å². The van der Waals surface area contributed by atoms with E-state index in [1.54, 1.807) is 0 Å².